The van der Waals surface area contributed by atoms with E-state index in [0.717, 1.165) is 12.8 Å². The number of amides is 3. The first kappa shape index (κ1) is 22.8. The lowest BCUT2D eigenvalue weighted by Gasteiger charge is -2.32. The van der Waals surface area contributed by atoms with Crippen LogP contribution in [0.2, 0.25) is 0 Å². The lowest BCUT2D eigenvalue weighted by atomic mass is 9.95. The van der Waals surface area contributed by atoms with Crippen LogP contribution in [0.3, 0.4) is 0 Å². The molecule has 31 heavy (non-hydrogen) atoms. The van der Waals surface area contributed by atoms with Crippen molar-refractivity contribution in [2.45, 2.75) is 46.1 Å². The number of hydrogen-bond donors (Lipinski definition) is 1. The Morgan fingerprint density at radius 3 is 2.52 bits per heavy atom. The van der Waals surface area contributed by atoms with E-state index < -0.39 is 5.97 Å². The Labute approximate surface area is 182 Å². The fourth-order valence-electron chi connectivity index (χ4n) is 4.18. The van der Waals surface area contributed by atoms with E-state index in [9.17, 15) is 19.2 Å². The van der Waals surface area contributed by atoms with Gasteiger partial charge in [-0.3, -0.25) is 19.2 Å². The minimum absolute atomic E-state index is 0.0414. The van der Waals surface area contributed by atoms with Crippen molar-refractivity contribution < 1.29 is 23.9 Å². The lowest BCUT2D eigenvalue weighted by molar-refractivity contribution is -0.132. The van der Waals surface area contributed by atoms with Crippen LogP contribution in [0.15, 0.2) is 24.3 Å². The Kier molecular flexibility index (Phi) is 7.30. The topological polar surface area (TPSA) is 96.0 Å². The minimum atomic E-state index is -0.425. The van der Waals surface area contributed by atoms with Gasteiger partial charge in [-0.15, -0.1) is 0 Å². The van der Waals surface area contributed by atoms with Crippen molar-refractivity contribution in [1.29, 1.82) is 0 Å². The number of piperidine rings is 1. The number of rotatable bonds is 6. The summed E-state index contributed by atoms with van der Waals surface area (Å²) < 4.78 is 5.06. The predicted molar refractivity (Wildman–Crippen MR) is 114 cm³/mol. The number of carbonyl (C=O) groups is 4. The van der Waals surface area contributed by atoms with Crippen LogP contribution in [-0.4, -0.2) is 65.7 Å². The summed E-state index contributed by atoms with van der Waals surface area (Å²) in [5.41, 5.74) is 0.492. The summed E-state index contributed by atoms with van der Waals surface area (Å²) in [4.78, 5) is 51.9. The van der Waals surface area contributed by atoms with Gasteiger partial charge in [0.2, 0.25) is 11.8 Å². The van der Waals surface area contributed by atoms with E-state index >= 15 is 0 Å². The van der Waals surface area contributed by atoms with Gasteiger partial charge in [-0.05, 0) is 50.8 Å². The zero-order valence-corrected chi connectivity index (χ0v) is 18.4. The number of carbonyl (C=O) groups excluding carboxylic acids is 4. The van der Waals surface area contributed by atoms with E-state index in [4.69, 9.17) is 4.74 Å². The third kappa shape index (κ3) is 5.83. The molecule has 2 heterocycles. The van der Waals surface area contributed by atoms with Crippen LogP contribution in [-0.2, 0) is 14.4 Å². The Balaban J connectivity index is 1.45. The third-order valence-electron chi connectivity index (χ3n) is 5.96. The average Bonchev–Trinajstić information content (AvgIpc) is 3.13. The molecule has 0 saturated carbocycles. The van der Waals surface area contributed by atoms with E-state index in [1.807, 2.05) is 13.8 Å². The molecule has 0 spiro atoms. The van der Waals surface area contributed by atoms with Crippen molar-refractivity contribution in [2.24, 2.45) is 11.8 Å². The van der Waals surface area contributed by atoms with Crippen LogP contribution in [0.1, 0.15) is 50.4 Å². The first-order valence-corrected chi connectivity index (χ1v) is 10.9. The summed E-state index contributed by atoms with van der Waals surface area (Å²) in [5, 5.41) is 3.01. The zero-order valence-electron chi connectivity index (χ0n) is 18.4. The van der Waals surface area contributed by atoms with Crippen LogP contribution < -0.4 is 10.1 Å². The molecule has 2 fully saturated rings. The molecule has 8 nitrogen and oxygen atoms in total. The maximum Gasteiger partial charge on any atom is 0.308 e. The van der Waals surface area contributed by atoms with E-state index in [1.165, 1.54) is 6.92 Å². The van der Waals surface area contributed by atoms with Crippen LogP contribution >= 0.6 is 0 Å². The molecular formula is C23H31N3O5. The Morgan fingerprint density at radius 2 is 1.90 bits per heavy atom. The number of nitrogens with one attached hydrogen (secondary N) is 1. The highest BCUT2D eigenvalue weighted by atomic mass is 16.5. The van der Waals surface area contributed by atoms with Crippen LogP contribution in [0.5, 0.6) is 5.75 Å². The summed E-state index contributed by atoms with van der Waals surface area (Å²) in [5.74, 6) is -0.143. The van der Waals surface area contributed by atoms with E-state index in [2.05, 4.69) is 5.32 Å². The summed E-state index contributed by atoms with van der Waals surface area (Å²) in [6, 6.07) is 6.75. The standard InChI is InChI=1S/C23H31N3O5/c1-15(2)26-14-19(12-21(26)28)22(29)24-13-17-7-9-25(10-8-17)23(30)18-5-4-6-20(11-18)31-16(3)27/h4-6,11,15,17,19H,7-10,12-14H2,1-3H3,(H,24,29). The first-order valence-electron chi connectivity index (χ1n) is 10.9. The minimum Gasteiger partial charge on any atom is -0.427 e. The SMILES string of the molecule is CC(=O)Oc1cccc(C(=O)N2CCC(CNC(=O)C3CC(=O)N(C(C)C)C3)CC2)c1. The van der Waals surface area contributed by atoms with Crippen molar-refractivity contribution in [3.8, 4) is 5.75 Å². The third-order valence-corrected chi connectivity index (χ3v) is 5.96. The van der Waals surface area contributed by atoms with Crippen molar-refractivity contribution in [1.82, 2.24) is 15.1 Å². The second-order valence-corrected chi connectivity index (χ2v) is 8.64. The number of hydrogen-bond acceptors (Lipinski definition) is 5. The van der Waals surface area contributed by atoms with Gasteiger partial charge in [-0.1, -0.05) is 6.07 Å². The largest absolute Gasteiger partial charge is 0.427 e. The molecule has 0 aromatic heterocycles. The average molecular weight is 430 g/mol. The normalized spacial score (nSPS) is 19.6. The predicted octanol–water partition coefficient (Wildman–Crippen LogP) is 1.84. The fraction of sp³-hybridized carbons (Fsp3) is 0.565. The van der Waals surface area contributed by atoms with Gasteiger partial charge in [0.15, 0.2) is 0 Å². The molecule has 3 amide bonds. The molecule has 2 aliphatic heterocycles. The first-order chi connectivity index (χ1) is 14.7. The van der Waals surface area contributed by atoms with Crippen molar-refractivity contribution in [3.63, 3.8) is 0 Å². The highest BCUT2D eigenvalue weighted by Crippen LogP contribution is 2.22. The maximum atomic E-state index is 12.8. The maximum absolute atomic E-state index is 12.8. The number of esters is 1. The van der Waals surface area contributed by atoms with Crippen LogP contribution in [0.25, 0.3) is 0 Å². The van der Waals surface area contributed by atoms with Gasteiger partial charge in [0, 0.05) is 51.1 Å². The molecule has 1 N–H and O–H groups in total. The van der Waals surface area contributed by atoms with E-state index in [1.54, 1.807) is 34.1 Å². The molecule has 1 aromatic rings. The van der Waals surface area contributed by atoms with Gasteiger partial charge >= 0.3 is 5.97 Å². The van der Waals surface area contributed by atoms with E-state index in [0.29, 0.717) is 43.4 Å². The number of nitrogens with zero attached hydrogens (tertiary/aromatic N) is 2. The summed E-state index contributed by atoms with van der Waals surface area (Å²) in [7, 11) is 0. The molecule has 168 valence electrons. The van der Waals surface area contributed by atoms with Gasteiger partial charge < -0.3 is 19.9 Å². The zero-order chi connectivity index (χ0) is 22.5. The summed E-state index contributed by atoms with van der Waals surface area (Å²) in [6.07, 6.45) is 1.89. The fourth-order valence-corrected chi connectivity index (χ4v) is 4.18. The van der Waals surface area contributed by atoms with Gasteiger partial charge in [0.1, 0.15) is 5.75 Å². The molecule has 1 unspecified atom stereocenters. The summed E-state index contributed by atoms with van der Waals surface area (Å²) in [6.45, 7) is 7.51. The van der Waals surface area contributed by atoms with Crippen molar-refractivity contribution in [3.05, 3.63) is 29.8 Å². The molecule has 8 heteroatoms. The Hall–Kier alpha value is -2.90. The smallest absolute Gasteiger partial charge is 0.308 e. The van der Waals surface area contributed by atoms with Crippen LogP contribution in [0, 0.1) is 11.8 Å². The second kappa shape index (κ2) is 9.94. The van der Waals surface area contributed by atoms with E-state index in [-0.39, 0.29) is 36.1 Å². The molecule has 2 aliphatic rings. The van der Waals surface area contributed by atoms with Gasteiger partial charge in [-0.25, -0.2) is 0 Å². The van der Waals surface area contributed by atoms with Crippen molar-refractivity contribution >= 4 is 23.7 Å². The molecule has 1 atom stereocenters. The van der Waals surface area contributed by atoms with Gasteiger partial charge in [0.25, 0.3) is 5.91 Å². The Morgan fingerprint density at radius 1 is 1.19 bits per heavy atom. The Bertz CT molecular complexity index is 845. The highest BCUT2D eigenvalue weighted by molar-refractivity contribution is 5.94. The summed E-state index contributed by atoms with van der Waals surface area (Å²) >= 11 is 0. The van der Waals surface area contributed by atoms with Crippen LogP contribution in [0.4, 0.5) is 0 Å². The highest BCUT2D eigenvalue weighted by Gasteiger charge is 2.35. The lowest BCUT2D eigenvalue weighted by Crippen LogP contribution is -2.42. The molecular weight excluding hydrogens is 398 g/mol. The molecule has 0 radical (unpaired) electrons. The van der Waals surface area contributed by atoms with Gasteiger partial charge in [0.05, 0.1) is 5.92 Å². The number of ether oxygens (including phenoxy) is 1. The quantitative estimate of drug-likeness (QED) is 0.550. The van der Waals surface area contributed by atoms with Crippen molar-refractivity contribution in [2.75, 3.05) is 26.2 Å². The number of likely N-dealkylation sites (tertiary alicyclic amines) is 2. The second-order valence-electron chi connectivity index (χ2n) is 8.64. The molecule has 1 aromatic carbocycles. The number of benzene rings is 1. The molecule has 0 bridgehead atoms. The molecule has 3 rings (SSSR count). The van der Waals surface area contributed by atoms with Gasteiger partial charge in [-0.2, -0.15) is 0 Å². The molecule has 2 saturated heterocycles. The monoisotopic (exact) mass is 429 g/mol. The molecule has 0 aliphatic carbocycles.